The van der Waals surface area contributed by atoms with Crippen LogP contribution in [0.5, 0.6) is 0 Å². The summed E-state index contributed by atoms with van der Waals surface area (Å²) in [5, 5.41) is 3.27. The molecule has 2 saturated heterocycles. The zero-order valence-electron chi connectivity index (χ0n) is 11.8. The Bertz CT molecular complexity index is 268. The Balaban J connectivity index is 1.67. The van der Waals surface area contributed by atoms with E-state index in [4.69, 9.17) is 0 Å². The summed E-state index contributed by atoms with van der Waals surface area (Å²) in [5.74, 6) is 1.39. The monoisotopic (exact) mass is 253 g/mol. The van der Waals surface area contributed by atoms with Crippen LogP contribution in [0.3, 0.4) is 0 Å². The Hall–Kier alpha value is -0.610. The molecule has 0 saturated carbocycles. The Morgan fingerprint density at radius 1 is 1.33 bits per heavy atom. The molecule has 4 heteroatoms. The van der Waals surface area contributed by atoms with Crippen molar-refractivity contribution < 1.29 is 4.79 Å². The van der Waals surface area contributed by atoms with Crippen molar-refractivity contribution in [3.63, 3.8) is 0 Å². The minimum Gasteiger partial charge on any atom is -0.345 e. The minimum atomic E-state index is 0.229. The lowest BCUT2D eigenvalue weighted by atomic mass is 9.93. The summed E-state index contributed by atoms with van der Waals surface area (Å²) in [6, 6.07) is 0. The van der Waals surface area contributed by atoms with Gasteiger partial charge in [-0.2, -0.15) is 0 Å². The van der Waals surface area contributed by atoms with Crippen LogP contribution in [-0.2, 0) is 4.79 Å². The van der Waals surface area contributed by atoms with Crippen molar-refractivity contribution in [2.24, 2.45) is 11.8 Å². The van der Waals surface area contributed by atoms with Crippen LogP contribution in [-0.4, -0.2) is 62.5 Å². The zero-order valence-corrected chi connectivity index (χ0v) is 11.8. The van der Waals surface area contributed by atoms with E-state index in [-0.39, 0.29) is 5.92 Å². The van der Waals surface area contributed by atoms with Crippen LogP contribution >= 0.6 is 0 Å². The third-order valence-electron chi connectivity index (χ3n) is 4.50. The smallest absolute Gasteiger partial charge is 0.226 e. The van der Waals surface area contributed by atoms with Gasteiger partial charge in [-0.3, -0.25) is 4.79 Å². The van der Waals surface area contributed by atoms with Crippen molar-refractivity contribution in [3.8, 4) is 0 Å². The molecule has 1 amide bonds. The van der Waals surface area contributed by atoms with Gasteiger partial charge in [-0.1, -0.05) is 0 Å². The van der Waals surface area contributed by atoms with Gasteiger partial charge >= 0.3 is 0 Å². The molecule has 2 heterocycles. The average Bonchev–Trinajstić information content (AvgIpc) is 2.90. The van der Waals surface area contributed by atoms with E-state index in [1.807, 2.05) is 11.9 Å². The summed E-state index contributed by atoms with van der Waals surface area (Å²) < 4.78 is 0. The van der Waals surface area contributed by atoms with Gasteiger partial charge in [0.1, 0.15) is 0 Å². The van der Waals surface area contributed by atoms with Crippen molar-refractivity contribution in [1.29, 1.82) is 0 Å². The van der Waals surface area contributed by atoms with Crippen LogP contribution in [0.25, 0.3) is 0 Å². The zero-order chi connectivity index (χ0) is 13.0. The number of piperidine rings is 1. The molecule has 4 nitrogen and oxygen atoms in total. The van der Waals surface area contributed by atoms with Gasteiger partial charge in [0.15, 0.2) is 0 Å². The fourth-order valence-electron chi connectivity index (χ4n) is 3.01. The lowest BCUT2D eigenvalue weighted by molar-refractivity contribution is -0.133. The van der Waals surface area contributed by atoms with Gasteiger partial charge in [-0.15, -0.1) is 0 Å². The minimum absolute atomic E-state index is 0.229. The van der Waals surface area contributed by atoms with Crippen LogP contribution in [0, 0.1) is 11.8 Å². The first-order valence-electron chi connectivity index (χ1n) is 7.31. The molecule has 104 valence electrons. The van der Waals surface area contributed by atoms with Gasteiger partial charge in [-0.25, -0.2) is 0 Å². The van der Waals surface area contributed by atoms with E-state index in [1.165, 1.54) is 32.4 Å². The van der Waals surface area contributed by atoms with Gasteiger partial charge < -0.3 is 15.1 Å². The van der Waals surface area contributed by atoms with Gasteiger partial charge in [0.2, 0.25) is 5.91 Å². The van der Waals surface area contributed by atoms with E-state index in [9.17, 15) is 4.79 Å². The summed E-state index contributed by atoms with van der Waals surface area (Å²) in [4.78, 5) is 16.5. The quantitative estimate of drug-likeness (QED) is 0.804. The lowest BCUT2D eigenvalue weighted by Crippen LogP contribution is -2.36. The van der Waals surface area contributed by atoms with Crippen LogP contribution in [0.15, 0.2) is 0 Å². The maximum atomic E-state index is 12.1. The molecule has 1 unspecified atom stereocenters. The topological polar surface area (TPSA) is 35.6 Å². The Labute approximate surface area is 111 Å². The molecule has 0 aromatic heterocycles. The second kappa shape index (κ2) is 6.53. The fourth-order valence-corrected chi connectivity index (χ4v) is 3.01. The fraction of sp³-hybridized carbons (Fsp3) is 0.929. The molecule has 2 aliphatic heterocycles. The predicted molar refractivity (Wildman–Crippen MR) is 73.5 cm³/mol. The first kappa shape index (κ1) is 13.8. The highest BCUT2D eigenvalue weighted by molar-refractivity contribution is 5.79. The van der Waals surface area contributed by atoms with Gasteiger partial charge in [0.25, 0.3) is 0 Å². The molecular weight excluding hydrogens is 226 g/mol. The molecule has 0 radical (unpaired) electrons. The standard InChI is InChI=1S/C14H27N3O/c1-16-8-4-12(5-9-16)6-10-17(2)14(18)13-3-7-15-11-13/h12-13,15H,3-11H2,1-2H3. The molecule has 0 aliphatic carbocycles. The number of nitrogens with zero attached hydrogens (tertiary/aromatic N) is 2. The molecule has 2 fully saturated rings. The Kier molecular flexibility index (Phi) is 5.01. The first-order chi connectivity index (χ1) is 8.66. The SMILES string of the molecule is CN1CCC(CCN(C)C(=O)C2CCNC2)CC1. The van der Waals surface area contributed by atoms with Gasteiger partial charge in [-0.05, 0) is 58.3 Å². The summed E-state index contributed by atoms with van der Waals surface area (Å²) in [7, 11) is 4.16. The van der Waals surface area contributed by atoms with Gasteiger partial charge in [0, 0.05) is 20.1 Å². The molecule has 18 heavy (non-hydrogen) atoms. The Morgan fingerprint density at radius 2 is 2.06 bits per heavy atom. The van der Waals surface area contributed by atoms with Crippen molar-refractivity contribution >= 4 is 5.91 Å². The van der Waals surface area contributed by atoms with Crippen LogP contribution in [0.1, 0.15) is 25.7 Å². The number of carbonyl (C=O) groups is 1. The van der Waals surface area contributed by atoms with Crippen molar-refractivity contribution in [2.75, 3.05) is 46.8 Å². The second-order valence-electron chi connectivity index (χ2n) is 5.98. The first-order valence-corrected chi connectivity index (χ1v) is 7.31. The number of likely N-dealkylation sites (tertiary alicyclic amines) is 1. The van der Waals surface area contributed by atoms with Crippen molar-refractivity contribution in [3.05, 3.63) is 0 Å². The average molecular weight is 253 g/mol. The molecule has 0 spiro atoms. The predicted octanol–water partition coefficient (Wildman–Crippen LogP) is 0.786. The number of hydrogen-bond donors (Lipinski definition) is 1. The normalized spacial score (nSPS) is 26.4. The Morgan fingerprint density at radius 3 is 2.67 bits per heavy atom. The second-order valence-corrected chi connectivity index (χ2v) is 5.98. The highest BCUT2D eigenvalue weighted by Crippen LogP contribution is 2.20. The van der Waals surface area contributed by atoms with Crippen molar-refractivity contribution in [1.82, 2.24) is 15.1 Å². The molecular formula is C14H27N3O. The third kappa shape index (κ3) is 3.69. The van der Waals surface area contributed by atoms with E-state index in [1.54, 1.807) is 0 Å². The molecule has 0 bridgehead atoms. The van der Waals surface area contributed by atoms with Crippen LogP contribution in [0.2, 0.25) is 0 Å². The number of amides is 1. The summed E-state index contributed by atoms with van der Waals surface area (Å²) >= 11 is 0. The lowest BCUT2D eigenvalue weighted by Gasteiger charge is -2.30. The maximum Gasteiger partial charge on any atom is 0.226 e. The number of hydrogen-bond acceptors (Lipinski definition) is 3. The molecule has 0 aromatic rings. The number of rotatable bonds is 4. The third-order valence-corrected chi connectivity index (χ3v) is 4.50. The van der Waals surface area contributed by atoms with E-state index < -0.39 is 0 Å². The summed E-state index contributed by atoms with van der Waals surface area (Å²) in [6.07, 6.45) is 4.78. The number of carbonyl (C=O) groups excluding carboxylic acids is 1. The molecule has 2 rings (SSSR count). The van der Waals surface area contributed by atoms with Crippen LogP contribution in [0.4, 0.5) is 0 Å². The van der Waals surface area contributed by atoms with E-state index in [0.717, 1.165) is 32.0 Å². The molecule has 1 atom stereocenters. The highest BCUT2D eigenvalue weighted by atomic mass is 16.2. The van der Waals surface area contributed by atoms with Gasteiger partial charge in [0.05, 0.1) is 5.92 Å². The molecule has 0 aromatic carbocycles. The van der Waals surface area contributed by atoms with Crippen molar-refractivity contribution in [2.45, 2.75) is 25.7 Å². The number of nitrogens with one attached hydrogen (secondary N) is 1. The molecule has 1 N–H and O–H groups in total. The van der Waals surface area contributed by atoms with E-state index >= 15 is 0 Å². The largest absolute Gasteiger partial charge is 0.345 e. The summed E-state index contributed by atoms with van der Waals surface area (Å²) in [6.45, 7) is 5.24. The molecule has 2 aliphatic rings. The summed E-state index contributed by atoms with van der Waals surface area (Å²) in [5.41, 5.74) is 0. The van der Waals surface area contributed by atoms with E-state index in [2.05, 4.69) is 17.3 Å². The van der Waals surface area contributed by atoms with E-state index in [0.29, 0.717) is 5.91 Å². The van der Waals surface area contributed by atoms with Crippen LogP contribution < -0.4 is 5.32 Å². The highest BCUT2D eigenvalue weighted by Gasteiger charge is 2.25. The maximum absolute atomic E-state index is 12.1.